The first-order valence-corrected chi connectivity index (χ1v) is 11.4. The third kappa shape index (κ3) is 4.04. The Labute approximate surface area is 170 Å². The third-order valence-corrected chi connectivity index (χ3v) is 7.72. The van der Waals surface area contributed by atoms with Gasteiger partial charge in [0, 0.05) is 0 Å². The van der Waals surface area contributed by atoms with Crippen LogP contribution < -0.4 is 0 Å². The van der Waals surface area contributed by atoms with Gasteiger partial charge in [-0.25, -0.2) is 4.39 Å². The summed E-state index contributed by atoms with van der Waals surface area (Å²) in [5, 5.41) is 0. The van der Waals surface area contributed by atoms with Crippen LogP contribution in [-0.2, 0) is 0 Å². The van der Waals surface area contributed by atoms with Crippen LogP contribution in [0.3, 0.4) is 0 Å². The molecule has 0 unspecified atom stereocenters. The number of hydrogen-bond donors (Lipinski definition) is 0. The smallest absolute Gasteiger partial charge is 0.130 e. The molecule has 28 heavy (non-hydrogen) atoms. The lowest BCUT2D eigenvalue weighted by atomic mass is 9.68. The van der Waals surface area contributed by atoms with Crippen LogP contribution in [0.15, 0.2) is 36.4 Å². The number of benzene rings is 2. The minimum atomic E-state index is 0.0352. The molecule has 0 nitrogen and oxygen atoms in total. The van der Waals surface area contributed by atoms with E-state index in [1.807, 2.05) is 6.92 Å². The minimum Gasteiger partial charge on any atom is -0.206 e. The molecule has 0 amide bonds. The highest BCUT2D eigenvalue weighted by Crippen LogP contribution is 2.45. The summed E-state index contributed by atoms with van der Waals surface area (Å²) in [5.41, 5.74) is 5.16. The van der Waals surface area contributed by atoms with E-state index in [-0.39, 0.29) is 5.82 Å². The molecule has 0 saturated heterocycles. The molecule has 2 aliphatic rings. The van der Waals surface area contributed by atoms with Crippen molar-refractivity contribution < 1.29 is 4.39 Å². The van der Waals surface area contributed by atoms with Gasteiger partial charge in [0.1, 0.15) is 5.82 Å². The van der Waals surface area contributed by atoms with Gasteiger partial charge in [-0.3, -0.25) is 0 Å². The zero-order valence-corrected chi connectivity index (χ0v) is 17.8. The lowest BCUT2D eigenvalue weighted by Crippen LogP contribution is -2.25. The van der Waals surface area contributed by atoms with Gasteiger partial charge in [-0.2, -0.15) is 0 Å². The molecule has 0 spiro atoms. The van der Waals surface area contributed by atoms with Gasteiger partial charge in [0.25, 0.3) is 0 Å². The molecule has 2 saturated carbocycles. The van der Waals surface area contributed by atoms with Gasteiger partial charge >= 0.3 is 0 Å². The van der Waals surface area contributed by atoms with E-state index in [4.69, 9.17) is 0 Å². The van der Waals surface area contributed by atoms with Crippen LogP contribution in [-0.4, -0.2) is 0 Å². The maximum atomic E-state index is 15.3. The molecule has 0 aromatic heterocycles. The molecule has 2 aromatic rings. The van der Waals surface area contributed by atoms with E-state index in [0.717, 1.165) is 52.8 Å². The molecular weight excluding hydrogens is 343 g/mol. The van der Waals surface area contributed by atoms with Crippen LogP contribution in [0.1, 0.15) is 80.9 Å². The summed E-state index contributed by atoms with van der Waals surface area (Å²) >= 11 is 0. The van der Waals surface area contributed by atoms with Gasteiger partial charge in [-0.05, 0) is 98.3 Å². The van der Waals surface area contributed by atoms with Crippen LogP contribution in [0.5, 0.6) is 0 Å². The van der Waals surface area contributed by atoms with Crippen molar-refractivity contribution in [3.05, 3.63) is 58.9 Å². The molecule has 0 bridgehead atoms. The summed E-state index contributed by atoms with van der Waals surface area (Å²) in [6.45, 7) is 6.44. The molecule has 0 aliphatic heterocycles. The van der Waals surface area contributed by atoms with Crippen LogP contribution >= 0.6 is 0 Å². The van der Waals surface area contributed by atoms with Crippen LogP contribution in [0.25, 0.3) is 11.1 Å². The normalized spacial score (nSPS) is 28.3. The molecule has 4 rings (SSSR count). The van der Waals surface area contributed by atoms with Gasteiger partial charge in [0.2, 0.25) is 0 Å². The van der Waals surface area contributed by atoms with E-state index < -0.39 is 0 Å². The molecule has 2 aliphatic carbocycles. The van der Waals surface area contributed by atoms with Gasteiger partial charge in [-0.15, -0.1) is 0 Å². The molecule has 0 N–H and O–H groups in total. The summed E-state index contributed by atoms with van der Waals surface area (Å²) in [4.78, 5) is 0. The molecule has 0 radical (unpaired) electrons. The topological polar surface area (TPSA) is 0 Å². The number of hydrogen-bond acceptors (Lipinski definition) is 0. The highest BCUT2D eigenvalue weighted by Gasteiger charge is 2.31. The second-order valence-electron chi connectivity index (χ2n) is 9.64. The Morgan fingerprint density at radius 3 is 1.89 bits per heavy atom. The maximum absolute atomic E-state index is 15.3. The number of aryl methyl sites for hydroxylation is 1. The average Bonchev–Trinajstić information content (AvgIpc) is 2.72. The molecule has 150 valence electrons. The minimum absolute atomic E-state index is 0.0352. The largest absolute Gasteiger partial charge is 0.206 e. The summed E-state index contributed by atoms with van der Waals surface area (Å²) in [5.74, 6) is 3.20. The molecule has 0 atom stereocenters. The van der Waals surface area contributed by atoms with Gasteiger partial charge in [0.15, 0.2) is 0 Å². The molecule has 0 heterocycles. The van der Waals surface area contributed by atoms with Gasteiger partial charge in [0.05, 0.1) is 0 Å². The van der Waals surface area contributed by atoms with Crippen LogP contribution in [0, 0.1) is 37.4 Å². The fourth-order valence-corrected chi connectivity index (χ4v) is 5.73. The first-order chi connectivity index (χ1) is 13.5. The Balaban J connectivity index is 1.45. The predicted octanol–water partition coefficient (Wildman–Crippen LogP) is 8.21. The Morgan fingerprint density at radius 2 is 1.29 bits per heavy atom. The summed E-state index contributed by atoms with van der Waals surface area (Å²) in [6, 6.07) is 12.6. The highest BCUT2D eigenvalue weighted by atomic mass is 19.1. The van der Waals surface area contributed by atoms with Crippen molar-refractivity contribution in [2.75, 3.05) is 0 Å². The van der Waals surface area contributed by atoms with E-state index in [1.165, 1.54) is 44.1 Å². The maximum Gasteiger partial charge on any atom is 0.130 e. The van der Waals surface area contributed by atoms with Crippen molar-refractivity contribution >= 4 is 0 Å². The lowest BCUT2D eigenvalue weighted by molar-refractivity contribution is 0.164. The van der Waals surface area contributed by atoms with Crippen LogP contribution in [0.2, 0.25) is 0 Å². The average molecular weight is 379 g/mol. The van der Waals surface area contributed by atoms with E-state index in [1.54, 1.807) is 0 Å². The third-order valence-electron chi connectivity index (χ3n) is 7.72. The first-order valence-electron chi connectivity index (χ1n) is 11.4. The Hall–Kier alpha value is -1.63. The van der Waals surface area contributed by atoms with E-state index >= 15 is 4.39 Å². The van der Waals surface area contributed by atoms with Crippen molar-refractivity contribution in [3.8, 4) is 11.1 Å². The molecular formula is C27H35F. The standard InChI is InChI=1S/C27H35F/c1-18-4-8-21(9-5-18)22-12-14-24(15-13-22)26-17-16-25(20(3)27(26)28)23-10-6-19(2)7-11-23/h6-7,10-11,16-18,21-22,24H,4-5,8-9,12-15H2,1-3H3. The lowest BCUT2D eigenvalue weighted by Gasteiger charge is -2.37. The Bertz CT molecular complexity index is 788. The SMILES string of the molecule is Cc1ccc(-c2ccc(C3CCC(C4CCC(C)CC4)CC3)c(F)c2C)cc1. The van der Waals surface area contributed by atoms with E-state index in [2.05, 4.69) is 50.2 Å². The van der Waals surface area contributed by atoms with Crippen molar-refractivity contribution in [2.24, 2.45) is 17.8 Å². The van der Waals surface area contributed by atoms with Gasteiger partial charge < -0.3 is 0 Å². The molecule has 2 fully saturated rings. The number of halogens is 1. The fourth-order valence-electron chi connectivity index (χ4n) is 5.73. The Kier molecular flexibility index (Phi) is 5.90. The quantitative estimate of drug-likeness (QED) is 0.505. The van der Waals surface area contributed by atoms with E-state index in [9.17, 15) is 0 Å². The molecule has 1 heteroatoms. The van der Waals surface area contributed by atoms with Crippen molar-refractivity contribution in [2.45, 2.75) is 78.1 Å². The van der Waals surface area contributed by atoms with Crippen molar-refractivity contribution in [1.29, 1.82) is 0 Å². The zero-order chi connectivity index (χ0) is 19.7. The predicted molar refractivity (Wildman–Crippen MR) is 117 cm³/mol. The van der Waals surface area contributed by atoms with Crippen molar-refractivity contribution in [3.63, 3.8) is 0 Å². The number of rotatable bonds is 3. The second kappa shape index (κ2) is 8.39. The Morgan fingerprint density at radius 1 is 0.714 bits per heavy atom. The molecule has 2 aromatic carbocycles. The fraction of sp³-hybridized carbons (Fsp3) is 0.556. The van der Waals surface area contributed by atoms with Crippen LogP contribution in [0.4, 0.5) is 4.39 Å². The highest BCUT2D eigenvalue weighted by molar-refractivity contribution is 5.68. The monoisotopic (exact) mass is 378 g/mol. The van der Waals surface area contributed by atoms with Crippen molar-refractivity contribution in [1.82, 2.24) is 0 Å². The van der Waals surface area contributed by atoms with E-state index in [0.29, 0.717) is 5.92 Å². The summed E-state index contributed by atoms with van der Waals surface area (Å²) in [7, 11) is 0. The van der Waals surface area contributed by atoms with Gasteiger partial charge in [-0.1, -0.05) is 61.7 Å². The first kappa shape index (κ1) is 19.7. The summed E-state index contributed by atoms with van der Waals surface area (Å²) in [6.07, 6.45) is 10.6. The second-order valence-corrected chi connectivity index (χ2v) is 9.64. The summed E-state index contributed by atoms with van der Waals surface area (Å²) < 4.78 is 15.3. The zero-order valence-electron chi connectivity index (χ0n) is 17.8.